The minimum Gasteiger partial charge on any atom is -0.391 e. The predicted molar refractivity (Wildman–Crippen MR) is 52.2 cm³/mol. The Hall–Kier alpha value is -0.610. The predicted octanol–water partition coefficient (Wildman–Crippen LogP) is 0.000900. The Bertz CT molecular complexity index is 169. The maximum atomic E-state index is 11.4. The van der Waals surface area contributed by atoms with Crippen LogP contribution in [0.3, 0.4) is 0 Å². The Morgan fingerprint density at radius 3 is 2.54 bits per heavy atom. The zero-order valence-corrected chi connectivity index (χ0v) is 8.63. The summed E-state index contributed by atoms with van der Waals surface area (Å²) in [5, 5.41) is 11.8. The van der Waals surface area contributed by atoms with Crippen LogP contribution in [0.15, 0.2) is 0 Å². The van der Waals surface area contributed by atoms with E-state index in [-0.39, 0.29) is 12.5 Å². The number of amides is 1. The van der Waals surface area contributed by atoms with Gasteiger partial charge in [-0.25, -0.2) is 0 Å². The molecule has 0 aliphatic heterocycles. The Balaban J connectivity index is 3.88. The Labute approximate surface area is 79.5 Å². The number of aliphatic hydroxyl groups excluding tert-OH is 1. The van der Waals surface area contributed by atoms with E-state index in [4.69, 9.17) is 5.73 Å². The van der Waals surface area contributed by atoms with Gasteiger partial charge in [-0.2, -0.15) is 0 Å². The molecule has 0 aliphatic rings. The van der Waals surface area contributed by atoms with Gasteiger partial charge in [0.15, 0.2) is 0 Å². The molecule has 4 nitrogen and oxygen atoms in total. The summed E-state index contributed by atoms with van der Waals surface area (Å²) in [5.74, 6) is -0.206. The molecule has 4 N–H and O–H groups in total. The first-order chi connectivity index (χ1) is 5.94. The summed E-state index contributed by atoms with van der Waals surface area (Å²) in [7, 11) is 0. The molecule has 0 aromatic heterocycles. The largest absolute Gasteiger partial charge is 0.391 e. The number of hydrogen-bond acceptors (Lipinski definition) is 3. The van der Waals surface area contributed by atoms with E-state index >= 15 is 0 Å². The Kier molecular flexibility index (Phi) is 4.95. The number of aliphatic hydroxyl groups is 1. The number of nitrogens with two attached hydrogens (primary N) is 1. The molecule has 0 radical (unpaired) electrons. The summed E-state index contributed by atoms with van der Waals surface area (Å²) >= 11 is 0. The number of carbonyl (C=O) groups excluding carboxylic acids is 1. The molecule has 2 atom stereocenters. The van der Waals surface area contributed by atoms with E-state index in [9.17, 15) is 9.90 Å². The SMILES string of the molecule is CCC(O)CNC(=O)C(C)(N)CC. The van der Waals surface area contributed by atoms with Crippen molar-refractivity contribution in [2.75, 3.05) is 6.54 Å². The number of rotatable bonds is 5. The third-order valence-electron chi connectivity index (χ3n) is 2.22. The third kappa shape index (κ3) is 4.24. The minimum atomic E-state index is -0.826. The van der Waals surface area contributed by atoms with Crippen molar-refractivity contribution in [1.29, 1.82) is 0 Å². The van der Waals surface area contributed by atoms with E-state index < -0.39 is 11.6 Å². The molecule has 0 spiro atoms. The van der Waals surface area contributed by atoms with Crippen molar-refractivity contribution < 1.29 is 9.90 Å². The van der Waals surface area contributed by atoms with Crippen LogP contribution in [0, 0.1) is 0 Å². The average molecular weight is 188 g/mol. The molecule has 0 aromatic carbocycles. The Morgan fingerprint density at radius 2 is 2.15 bits per heavy atom. The first-order valence-electron chi connectivity index (χ1n) is 4.69. The lowest BCUT2D eigenvalue weighted by atomic mass is 9.99. The highest BCUT2D eigenvalue weighted by atomic mass is 16.3. The molecule has 78 valence electrons. The maximum Gasteiger partial charge on any atom is 0.239 e. The van der Waals surface area contributed by atoms with E-state index in [0.29, 0.717) is 12.8 Å². The summed E-state index contributed by atoms with van der Waals surface area (Å²) in [6.45, 7) is 5.68. The topological polar surface area (TPSA) is 75.3 Å². The van der Waals surface area contributed by atoms with E-state index in [2.05, 4.69) is 5.32 Å². The van der Waals surface area contributed by atoms with Crippen molar-refractivity contribution in [3.63, 3.8) is 0 Å². The number of nitrogens with one attached hydrogen (secondary N) is 1. The second-order valence-electron chi connectivity index (χ2n) is 3.54. The Morgan fingerprint density at radius 1 is 1.62 bits per heavy atom. The van der Waals surface area contributed by atoms with Gasteiger partial charge in [-0.15, -0.1) is 0 Å². The molecule has 0 aromatic rings. The van der Waals surface area contributed by atoms with Gasteiger partial charge in [0.2, 0.25) is 5.91 Å². The van der Waals surface area contributed by atoms with Crippen molar-refractivity contribution in [1.82, 2.24) is 5.32 Å². The van der Waals surface area contributed by atoms with Crippen molar-refractivity contribution in [3.8, 4) is 0 Å². The summed E-state index contributed by atoms with van der Waals surface area (Å²) in [4.78, 5) is 11.4. The normalized spacial score (nSPS) is 17.6. The van der Waals surface area contributed by atoms with Crippen molar-refractivity contribution in [2.24, 2.45) is 5.73 Å². The number of carbonyl (C=O) groups is 1. The smallest absolute Gasteiger partial charge is 0.239 e. The van der Waals surface area contributed by atoms with Crippen LogP contribution in [0.2, 0.25) is 0 Å². The van der Waals surface area contributed by atoms with Crippen LogP contribution in [0.5, 0.6) is 0 Å². The summed E-state index contributed by atoms with van der Waals surface area (Å²) in [6, 6.07) is 0. The van der Waals surface area contributed by atoms with Crippen LogP contribution >= 0.6 is 0 Å². The van der Waals surface area contributed by atoms with Crippen LogP contribution in [-0.2, 0) is 4.79 Å². The van der Waals surface area contributed by atoms with Crippen molar-refractivity contribution in [2.45, 2.75) is 45.3 Å². The highest BCUT2D eigenvalue weighted by molar-refractivity contribution is 5.85. The van der Waals surface area contributed by atoms with Crippen molar-refractivity contribution >= 4 is 5.91 Å². The first-order valence-corrected chi connectivity index (χ1v) is 4.69. The molecule has 0 fully saturated rings. The number of hydrogen-bond donors (Lipinski definition) is 3. The standard InChI is InChI=1S/C9H20N2O2/c1-4-7(12)6-11-8(13)9(3,10)5-2/h7,12H,4-6,10H2,1-3H3,(H,11,13). The van der Waals surface area contributed by atoms with Gasteiger partial charge in [0, 0.05) is 6.54 Å². The quantitative estimate of drug-likeness (QED) is 0.568. The fourth-order valence-electron chi connectivity index (χ4n) is 0.717. The second-order valence-corrected chi connectivity index (χ2v) is 3.54. The lowest BCUT2D eigenvalue weighted by Crippen LogP contribution is -2.52. The summed E-state index contributed by atoms with van der Waals surface area (Å²) in [6.07, 6.45) is 0.742. The average Bonchev–Trinajstić information content (AvgIpc) is 2.13. The van der Waals surface area contributed by atoms with Gasteiger partial charge < -0.3 is 16.2 Å². The lowest BCUT2D eigenvalue weighted by Gasteiger charge is -2.22. The van der Waals surface area contributed by atoms with Crippen LogP contribution < -0.4 is 11.1 Å². The lowest BCUT2D eigenvalue weighted by molar-refractivity contribution is -0.126. The van der Waals surface area contributed by atoms with Crippen LogP contribution in [0.25, 0.3) is 0 Å². The third-order valence-corrected chi connectivity index (χ3v) is 2.22. The molecule has 0 heterocycles. The molecule has 0 bridgehead atoms. The van der Waals surface area contributed by atoms with E-state index in [1.165, 1.54) is 0 Å². The van der Waals surface area contributed by atoms with Crippen LogP contribution in [0.4, 0.5) is 0 Å². The van der Waals surface area contributed by atoms with Crippen LogP contribution in [-0.4, -0.2) is 29.2 Å². The molecule has 1 amide bonds. The van der Waals surface area contributed by atoms with Crippen molar-refractivity contribution in [3.05, 3.63) is 0 Å². The monoisotopic (exact) mass is 188 g/mol. The molecular formula is C9H20N2O2. The molecule has 0 saturated carbocycles. The maximum absolute atomic E-state index is 11.4. The summed E-state index contributed by atoms with van der Waals surface area (Å²) in [5.41, 5.74) is 4.87. The van der Waals surface area contributed by atoms with E-state index in [1.807, 2.05) is 13.8 Å². The highest BCUT2D eigenvalue weighted by Gasteiger charge is 2.25. The zero-order chi connectivity index (χ0) is 10.5. The molecule has 2 unspecified atom stereocenters. The first kappa shape index (κ1) is 12.4. The van der Waals surface area contributed by atoms with Gasteiger partial charge in [0.05, 0.1) is 11.6 Å². The minimum absolute atomic E-state index is 0.206. The molecule has 0 rings (SSSR count). The van der Waals surface area contributed by atoms with Gasteiger partial charge in [0.25, 0.3) is 0 Å². The van der Waals surface area contributed by atoms with Gasteiger partial charge in [-0.3, -0.25) is 4.79 Å². The highest BCUT2D eigenvalue weighted by Crippen LogP contribution is 2.03. The van der Waals surface area contributed by atoms with Gasteiger partial charge in [-0.05, 0) is 19.8 Å². The fourth-order valence-corrected chi connectivity index (χ4v) is 0.717. The molecular weight excluding hydrogens is 168 g/mol. The zero-order valence-electron chi connectivity index (χ0n) is 8.63. The second kappa shape index (κ2) is 5.19. The van der Waals surface area contributed by atoms with Crippen LogP contribution in [0.1, 0.15) is 33.6 Å². The van der Waals surface area contributed by atoms with E-state index in [1.54, 1.807) is 6.92 Å². The van der Waals surface area contributed by atoms with Gasteiger partial charge >= 0.3 is 0 Å². The molecule has 0 saturated heterocycles. The van der Waals surface area contributed by atoms with Gasteiger partial charge in [-0.1, -0.05) is 13.8 Å². The van der Waals surface area contributed by atoms with Gasteiger partial charge in [0.1, 0.15) is 0 Å². The molecule has 0 aliphatic carbocycles. The fraction of sp³-hybridized carbons (Fsp3) is 0.889. The van der Waals surface area contributed by atoms with E-state index in [0.717, 1.165) is 0 Å². The summed E-state index contributed by atoms with van der Waals surface area (Å²) < 4.78 is 0. The molecule has 13 heavy (non-hydrogen) atoms. The molecule has 4 heteroatoms.